The molecule has 5 nitrogen and oxygen atoms in total. The Balaban J connectivity index is 2.50. The third-order valence-electron chi connectivity index (χ3n) is 2.24. The van der Waals surface area contributed by atoms with E-state index in [4.69, 9.17) is 14.9 Å². The van der Waals surface area contributed by atoms with E-state index in [1.165, 1.54) is 6.08 Å². The van der Waals surface area contributed by atoms with Crippen LogP contribution in [0.1, 0.15) is 5.56 Å². The third-order valence-corrected chi connectivity index (χ3v) is 2.24. The third kappa shape index (κ3) is 4.99. The van der Waals surface area contributed by atoms with Crippen LogP contribution >= 0.6 is 0 Å². The van der Waals surface area contributed by atoms with Gasteiger partial charge >= 0.3 is 0 Å². The molecule has 1 rings (SSSR count). The minimum Gasteiger partial charge on any atom is -0.497 e. The molecule has 0 aliphatic rings. The summed E-state index contributed by atoms with van der Waals surface area (Å²) in [6.45, 7) is -0.350. The lowest BCUT2D eigenvalue weighted by molar-refractivity contribution is -0.117. The predicted octanol–water partition coefficient (Wildman–Crippen LogP) is 0.178. The normalized spacial score (nSPS) is 12.4. The van der Waals surface area contributed by atoms with Gasteiger partial charge in [-0.1, -0.05) is 12.1 Å². The standard InChI is InChI=1S/C13H17NO4/c1-18-12-4-2-3-10(7-12)5-6-13(17)14-8-11(16)9-15/h2-7,11,15-16H,8-9H2,1H3,(H,14,17). The molecule has 0 aromatic heterocycles. The summed E-state index contributed by atoms with van der Waals surface area (Å²) in [7, 11) is 1.58. The quantitative estimate of drug-likeness (QED) is 0.630. The Kier molecular flexibility index (Phi) is 5.90. The van der Waals surface area contributed by atoms with E-state index in [1.807, 2.05) is 18.2 Å². The van der Waals surface area contributed by atoms with E-state index >= 15 is 0 Å². The van der Waals surface area contributed by atoms with E-state index in [-0.39, 0.29) is 19.1 Å². The van der Waals surface area contributed by atoms with Crippen molar-refractivity contribution in [3.05, 3.63) is 35.9 Å². The van der Waals surface area contributed by atoms with Crippen molar-refractivity contribution >= 4 is 12.0 Å². The first-order valence-electron chi connectivity index (χ1n) is 5.54. The van der Waals surface area contributed by atoms with Crippen molar-refractivity contribution in [1.29, 1.82) is 0 Å². The predicted molar refractivity (Wildman–Crippen MR) is 68.1 cm³/mol. The van der Waals surface area contributed by atoms with Crippen molar-refractivity contribution in [2.75, 3.05) is 20.3 Å². The van der Waals surface area contributed by atoms with Gasteiger partial charge in [0, 0.05) is 12.6 Å². The summed E-state index contributed by atoms with van der Waals surface area (Å²) < 4.78 is 5.06. The summed E-state index contributed by atoms with van der Waals surface area (Å²) in [4.78, 5) is 11.4. The Morgan fingerprint density at radius 3 is 3.00 bits per heavy atom. The van der Waals surface area contributed by atoms with Crippen molar-refractivity contribution < 1.29 is 19.7 Å². The van der Waals surface area contributed by atoms with Gasteiger partial charge in [0.2, 0.25) is 5.91 Å². The number of amides is 1. The maximum absolute atomic E-state index is 11.4. The lowest BCUT2D eigenvalue weighted by Gasteiger charge is -2.06. The van der Waals surface area contributed by atoms with Gasteiger partial charge in [-0.3, -0.25) is 4.79 Å². The minimum atomic E-state index is -0.931. The Labute approximate surface area is 106 Å². The maximum atomic E-state index is 11.4. The highest BCUT2D eigenvalue weighted by Gasteiger charge is 2.02. The molecule has 0 radical (unpaired) electrons. The molecule has 0 saturated carbocycles. The van der Waals surface area contributed by atoms with Crippen LogP contribution in [0.2, 0.25) is 0 Å². The molecular weight excluding hydrogens is 234 g/mol. The molecule has 5 heteroatoms. The number of nitrogens with one attached hydrogen (secondary N) is 1. The largest absolute Gasteiger partial charge is 0.497 e. The number of aliphatic hydroxyl groups excluding tert-OH is 2. The van der Waals surface area contributed by atoms with Crippen LogP contribution in [0, 0.1) is 0 Å². The fourth-order valence-electron chi connectivity index (χ4n) is 1.26. The second-order valence-corrected chi connectivity index (χ2v) is 3.69. The van der Waals surface area contributed by atoms with Crippen LogP contribution in [0.3, 0.4) is 0 Å². The van der Waals surface area contributed by atoms with Gasteiger partial charge in [-0.05, 0) is 23.8 Å². The summed E-state index contributed by atoms with van der Waals surface area (Å²) >= 11 is 0. The van der Waals surface area contributed by atoms with Gasteiger partial charge in [-0.2, -0.15) is 0 Å². The lowest BCUT2D eigenvalue weighted by Crippen LogP contribution is -2.32. The van der Waals surface area contributed by atoms with Crippen LogP contribution in [0.25, 0.3) is 6.08 Å². The number of carbonyl (C=O) groups excluding carboxylic acids is 1. The number of hydrogen-bond acceptors (Lipinski definition) is 4. The van der Waals surface area contributed by atoms with E-state index in [1.54, 1.807) is 19.3 Å². The van der Waals surface area contributed by atoms with Gasteiger partial charge in [0.05, 0.1) is 19.8 Å². The molecule has 0 spiro atoms. The van der Waals surface area contributed by atoms with E-state index in [0.29, 0.717) is 5.75 Å². The number of ether oxygens (including phenoxy) is 1. The Morgan fingerprint density at radius 2 is 2.33 bits per heavy atom. The first-order valence-corrected chi connectivity index (χ1v) is 5.54. The average Bonchev–Trinajstić information content (AvgIpc) is 2.42. The number of rotatable bonds is 6. The number of methoxy groups -OCH3 is 1. The monoisotopic (exact) mass is 251 g/mol. The molecule has 98 valence electrons. The van der Waals surface area contributed by atoms with Crippen LogP contribution < -0.4 is 10.1 Å². The van der Waals surface area contributed by atoms with Crippen molar-refractivity contribution in [1.82, 2.24) is 5.32 Å². The zero-order chi connectivity index (χ0) is 13.4. The van der Waals surface area contributed by atoms with Gasteiger partial charge in [-0.25, -0.2) is 0 Å². The molecular formula is C13H17NO4. The smallest absolute Gasteiger partial charge is 0.244 e. The van der Waals surface area contributed by atoms with Crippen LogP contribution in [0.4, 0.5) is 0 Å². The van der Waals surface area contributed by atoms with Gasteiger partial charge in [0.1, 0.15) is 5.75 Å². The number of carbonyl (C=O) groups is 1. The Bertz CT molecular complexity index is 417. The fourth-order valence-corrected chi connectivity index (χ4v) is 1.26. The van der Waals surface area contributed by atoms with Crippen molar-refractivity contribution in [2.24, 2.45) is 0 Å². The second-order valence-electron chi connectivity index (χ2n) is 3.69. The topological polar surface area (TPSA) is 78.8 Å². The van der Waals surface area contributed by atoms with Crippen molar-refractivity contribution in [2.45, 2.75) is 6.10 Å². The Morgan fingerprint density at radius 1 is 1.56 bits per heavy atom. The van der Waals surface area contributed by atoms with Gasteiger partial charge in [-0.15, -0.1) is 0 Å². The number of hydrogen-bond donors (Lipinski definition) is 3. The van der Waals surface area contributed by atoms with Crippen LogP contribution in [-0.4, -0.2) is 42.5 Å². The highest BCUT2D eigenvalue weighted by atomic mass is 16.5. The van der Waals surface area contributed by atoms with E-state index in [0.717, 1.165) is 5.56 Å². The molecule has 0 aliphatic carbocycles. The summed E-state index contributed by atoms with van der Waals surface area (Å²) in [5.41, 5.74) is 0.840. The highest BCUT2D eigenvalue weighted by molar-refractivity contribution is 5.91. The maximum Gasteiger partial charge on any atom is 0.244 e. The molecule has 1 aromatic rings. The number of aliphatic hydroxyl groups is 2. The second kappa shape index (κ2) is 7.47. The average molecular weight is 251 g/mol. The van der Waals surface area contributed by atoms with Crippen molar-refractivity contribution in [3.63, 3.8) is 0 Å². The molecule has 3 N–H and O–H groups in total. The summed E-state index contributed by atoms with van der Waals surface area (Å²) in [6.07, 6.45) is 2.07. The highest BCUT2D eigenvalue weighted by Crippen LogP contribution is 2.13. The zero-order valence-corrected chi connectivity index (χ0v) is 10.2. The number of benzene rings is 1. The fraction of sp³-hybridized carbons (Fsp3) is 0.308. The molecule has 1 unspecified atom stereocenters. The molecule has 0 aliphatic heterocycles. The van der Waals surface area contributed by atoms with Crippen LogP contribution in [0.15, 0.2) is 30.3 Å². The minimum absolute atomic E-state index is 0.0256. The van der Waals surface area contributed by atoms with Gasteiger partial charge < -0.3 is 20.3 Å². The molecule has 18 heavy (non-hydrogen) atoms. The van der Waals surface area contributed by atoms with E-state index in [9.17, 15) is 4.79 Å². The van der Waals surface area contributed by atoms with Gasteiger partial charge in [0.25, 0.3) is 0 Å². The molecule has 1 atom stereocenters. The first kappa shape index (κ1) is 14.2. The van der Waals surface area contributed by atoms with E-state index < -0.39 is 6.10 Å². The molecule has 0 bridgehead atoms. The van der Waals surface area contributed by atoms with Crippen LogP contribution in [-0.2, 0) is 4.79 Å². The van der Waals surface area contributed by atoms with Gasteiger partial charge in [0.15, 0.2) is 0 Å². The van der Waals surface area contributed by atoms with Crippen molar-refractivity contribution in [3.8, 4) is 5.75 Å². The molecule has 1 aromatic carbocycles. The summed E-state index contributed by atoms with van der Waals surface area (Å²) in [6, 6.07) is 7.28. The first-order chi connectivity index (χ1) is 8.65. The molecule has 0 saturated heterocycles. The zero-order valence-electron chi connectivity index (χ0n) is 10.2. The van der Waals surface area contributed by atoms with Crippen LogP contribution in [0.5, 0.6) is 5.75 Å². The Hall–Kier alpha value is -1.85. The summed E-state index contributed by atoms with van der Waals surface area (Å²) in [5, 5.41) is 20.1. The van der Waals surface area contributed by atoms with E-state index in [2.05, 4.69) is 5.32 Å². The molecule has 1 amide bonds. The molecule has 0 heterocycles. The SMILES string of the molecule is COc1cccc(C=CC(=O)NCC(O)CO)c1. The molecule has 0 fully saturated rings. The lowest BCUT2D eigenvalue weighted by atomic mass is 10.2. The summed E-state index contributed by atoms with van der Waals surface area (Å²) in [5.74, 6) is 0.388.